The number of nitrogens with one attached hydrogen (secondary N) is 1. The summed E-state index contributed by atoms with van der Waals surface area (Å²) in [6.45, 7) is 9.39. The van der Waals surface area contributed by atoms with Crippen LogP contribution in [0.4, 0.5) is 5.69 Å². The van der Waals surface area contributed by atoms with E-state index in [1.807, 2.05) is 24.3 Å². The molecule has 4 rings (SSSR count). The summed E-state index contributed by atoms with van der Waals surface area (Å²) in [7, 11) is 0. The van der Waals surface area contributed by atoms with Crippen LogP contribution in [0, 0.1) is 0 Å². The van der Waals surface area contributed by atoms with Crippen LogP contribution in [0.1, 0.15) is 50.5 Å². The lowest BCUT2D eigenvalue weighted by Crippen LogP contribution is -2.32. The number of carbonyl (C=O) groups is 2. The smallest absolute Gasteiger partial charge is 0.265 e. The maximum Gasteiger partial charge on any atom is 0.265 e. The van der Waals surface area contributed by atoms with Crippen LogP contribution in [0.2, 0.25) is 0 Å². The molecule has 0 spiro atoms. The second-order valence-corrected chi connectivity index (χ2v) is 9.80. The van der Waals surface area contributed by atoms with Gasteiger partial charge in [0.05, 0.1) is 5.39 Å². The van der Waals surface area contributed by atoms with Crippen LogP contribution in [0.5, 0.6) is 5.75 Å². The van der Waals surface area contributed by atoms with Crippen LogP contribution in [-0.2, 0) is 10.2 Å². The Morgan fingerprint density at radius 1 is 0.944 bits per heavy atom. The van der Waals surface area contributed by atoms with Gasteiger partial charge in [-0.15, -0.1) is 0 Å². The molecule has 4 aromatic rings. The van der Waals surface area contributed by atoms with Gasteiger partial charge >= 0.3 is 0 Å². The van der Waals surface area contributed by atoms with Gasteiger partial charge in [0.25, 0.3) is 5.91 Å². The van der Waals surface area contributed by atoms with Crippen molar-refractivity contribution in [3.63, 3.8) is 0 Å². The summed E-state index contributed by atoms with van der Waals surface area (Å²) in [6.07, 6.45) is -1.01. The zero-order chi connectivity index (χ0) is 26.0. The van der Waals surface area contributed by atoms with E-state index in [-0.39, 0.29) is 28.1 Å². The Hall–Kier alpha value is -4.19. The molecular weight excluding hydrogens is 454 g/mol. The zero-order valence-electron chi connectivity index (χ0n) is 21.0. The SMILES string of the molecule is CC(=O)c1cccc(NC(=O)C(C)Oc2c(-c3ccc(C(C)(C)C)cc3)oc3ccccc3c2=O)c1. The molecule has 36 heavy (non-hydrogen) atoms. The van der Waals surface area contributed by atoms with E-state index in [1.54, 1.807) is 55.5 Å². The number of hydrogen-bond donors (Lipinski definition) is 1. The predicted molar refractivity (Wildman–Crippen MR) is 142 cm³/mol. The highest BCUT2D eigenvalue weighted by molar-refractivity contribution is 5.98. The maximum atomic E-state index is 13.4. The molecule has 1 aromatic heterocycles. The van der Waals surface area contributed by atoms with Gasteiger partial charge in [0.15, 0.2) is 17.6 Å². The number of rotatable bonds is 6. The van der Waals surface area contributed by atoms with E-state index in [0.29, 0.717) is 27.8 Å². The van der Waals surface area contributed by atoms with E-state index < -0.39 is 12.0 Å². The highest BCUT2D eigenvalue weighted by Gasteiger charge is 2.24. The molecule has 184 valence electrons. The molecule has 0 aliphatic carbocycles. The van der Waals surface area contributed by atoms with Crippen molar-refractivity contribution in [2.24, 2.45) is 0 Å². The first-order valence-electron chi connectivity index (χ1n) is 11.8. The third kappa shape index (κ3) is 5.23. The van der Waals surface area contributed by atoms with E-state index in [2.05, 4.69) is 26.1 Å². The second-order valence-electron chi connectivity index (χ2n) is 9.80. The molecule has 1 atom stereocenters. The van der Waals surface area contributed by atoms with Crippen LogP contribution in [-0.4, -0.2) is 17.8 Å². The summed E-state index contributed by atoms with van der Waals surface area (Å²) in [5.41, 5.74) is 2.80. The Bertz CT molecular complexity index is 1490. The van der Waals surface area contributed by atoms with Crippen LogP contribution in [0.15, 0.2) is 82.0 Å². The van der Waals surface area contributed by atoms with Crippen molar-refractivity contribution in [1.82, 2.24) is 0 Å². The van der Waals surface area contributed by atoms with Crippen molar-refractivity contribution < 1.29 is 18.7 Å². The lowest BCUT2D eigenvalue weighted by atomic mass is 9.86. The molecule has 0 fully saturated rings. The monoisotopic (exact) mass is 483 g/mol. The minimum Gasteiger partial charge on any atom is -0.473 e. The molecule has 0 saturated carbocycles. The van der Waals surface area contributed by atoms with Gasteiger partial charge in [-0.2, -0.15) is 0 Å². The predicted octanol–water partition coefficient (Wildman–Crippen LogP) is 6.37. The van der Waals surface area contributed by atoms with Gasteiger partial charge in [0.1, 0.15) is 5.58 Å². The largest absolute Gasteiger partial charge is 0.473 e. The van der Waals surface area contributed by atoms with Gasteiger partial charge in [-0.25, -0.2) is 0 Å². The molecular formula is C30H29NO5. The van der Waals surface area contributed by atoms with Gasteiger partial charge < -0.3 is 14.5 Å². The fourth-order valence-electron chi connectivity index (χ4n) is 3.83. The van der Waals surface area contributed by atoms with Gasteiger partial charge in [0.2, 0.25) is 11.2 Å². The average molecular weight is 484 g/mol. The van der Waals surface area contributed by atoms with Gasteiger partial charge in [-0.1, -0.05) is 69.3 Å². The van der Waals surface area contributed by atoms with Crippen molar-refractivity contribution in [2.75, 3.05) is 5.32 Å². The van der Waals surface area contributed by atoms with E-state index in [9.17, 15) is 14.4 Å². The van der Waals surface area contributed by atoms with Crippen molar-refractivity contribution >= 4 is 28.3 Å². The molecule has 0 bridgehead atoms. The first kappa shape index (κ1) is 24.9. The number of benzene rings is 3. The van der Waals surface area contributed by atoms with E-state index in [0.717, 1.165) is 5.56 Å². The standard InChI is InChI=1S/C30H29NO5/c1-18(32)21-9-8-10-23(17-21)31-29(34)19(2)35-28-26(33)24-11-6-7-12-25(24)36-27(28)20-13-15-22(16-14-20)30(3,4)5/h6-17,19H,1-5H3,(H,31,34). The van der Waals surface area contributed by atoms with E-state index in [1.165, 1.54) is 6.92 Å². The van der Waals surface area contributed by atoms with Crippen LogP contribution >= 0.6 is 0 Å². The Kier molecular flexibility index (Phi) is 6.80. The highest BCUT2D eigenvalue weighted by Crippen LogP contribution is 2.33. The average Bonchev–Trinajstić information content (AvgIpc) is 2.85. The fourth-order valence-corrected chi connectivity index (χ4v) is 3.83. The summed E-state index contributed by atoms with van der Waals surface area (Å²) >= 11 is 0. The lowest BCUT2D eigenvalue weighted by Gasteiger charge is -2.20. The van der Waals surface area contributed by atoms with Crippen LogP contribution < -0.4 is 15.5 Å². The van der Waals surface area contributed by atoms with Gasteiger partial charge in [-0.05, 0) is 49.1 Å². The first-order valence-corrected chi connectivity index (χ1v) is 11.8. The third-order valence-corrected chi connectivity index (χ3v) is 5.97. The summed E-state index contributed by atoms with van der Waals surface area (Å²) in [4.78, 5) is 38.0. The normalized spacial score (nSPS) is 12.2. The Labute approximate surface area is 209 Å². The molecule has 6 nitrogen and oxygen atoms in total. The summed E-state index contributed by atoms with van der Waals surface area (Å²) < 4.78 is 12.1. The number of ketones is 1. The lowest BCUT2D eigenvalue weighted by molar-refractivity contribution is -0.122. The van der Waals surface area contributed by atoms with Crippen LogP contribution in [0.25, 0.3) is 22.3 Å². The molecule has 1 N–H and O–H groups in total. The molecule has 0 radical (unpaired) electrons. The molecule has 1 unspecified atom stereocenters. The molecule has 0 saturated heterocycles. The number of Topliss-reactive ketones (excluding diaryl/α,β-unsaturated/α-hetero) is 1. The number of hydrogen-bond acceptors (Lipinski definition) is 5. The van der Waals surface area contributed by atoms with Gasteiger partial charge in [-0.3, -0.25) is 14.4 Å². The van der Waals surface area contributed by atoms with Crippen molar-refractivity contribution in [3.05, 3.63) is 94.1 Å². The number of para-hydroxylation sites is 1. The summed E-state index contributed by atoms with van der Waals surface area (Å²) in [6, 6.07) is 21.3. The second kappa shape index (κ2) is 9.82. The highest BCUT2D eigenvalue weighted by atomic mass is 16.5. The third-order valence-electron chi connectivity index (χ3n) is 5.97. The molecule has 3 aromatic carbocycles. The number of fused-ring (bicyclic) bond motifs is 1. The minimum absolute atomic E-state index is 0.0302. The summed E-state index contributed by atoms with van der Waals surface area (Å²) in [5.74, 6) is -0.335. The molecule has 6 heteroatoms. The van der Waals surface area contributed by atoms with E-state index in [4.69, 9.17) is 9.15 Å². The number of ether oxygens (including phenoxy) is 1. The van der Waals surface area contributed by atoms with Gasteiger partial charge in [0, 0.05) is 16.8 Å². The quantitative estimate of drug-likeness (QED) is 0.322. The summed E-state index contributed by atoms with van der Waals surface area (Å²) in [5, 5.41) is 3.11. The topological polar surface area (TPSA) is 85.6 Å². The van der Waals surface area contributed by atoms with E-state index >= 15 is 0 Å². The number of amides is 1. The van der Waals surface area contributed by atoms with Crippen LogP contribution in [0.3, 0.4) is 0 Å². The molecule has 1 heterocycles. The number of anilines is 1. The minimum atomic E-state index is -1.01. The number of carbonyl (C=O) groups excluding carboxylic acids is 2. The zero-order valence-corrected chi connectivity index (χ0v) is 21.0. The molecule has 0 aliphatic rings. The first-order chi connectivity index (χ1) is 17.0. The maximum absolute atomic E-state index is 13.4. The Morgan fingerprint density at radius 3 is 2.31 bits per heavy atom. The molecule has 1 amide bonds. The van der Waals surface area contributed by atoms with Crippen molar-refractivity contribution in [1.29, 1.82) is 0 Å². The van der Waals surface area contributed by atoms with Crippen molar-refractivity contribution in [2.45, 2.75) is 46.1 Å². The fraction of sp³-hybridized carbons (Fsp3) is 0.233. The Balaban J connectivity index is 1.70. The van der Waals surface area contributed by atoms with Crippen molar-refractivity contribution in [3.8, 4) is 17.1 Å². The Morgan fingerprint density at radius 2 is 1.64 bits per heavy atom. The molecule has 0 aliphatic heterocycles.